The van der Waals surface area contributed by atoms with Crippen LogP contribution >= 0.6 is 0 Å². The number of nitrogens with zero attached hydrogens (tertiary/aromatic N) is 2. The number of anilines is 2. The number of carbonyl (C=O) groups excluding carboxylic acids is 2. The Bertz CT molecular complexity index is 1540. The van der Waals surface area contributed by atoms with Crippen molar-refractivity contribution in [3.05, 3.63) is 100 Å². The number of para-hydroxylation sites is 3. The molecule has 1 aliphatic heterocycles. The lowest BCUT2D eigenvalue weighted by Gasteiger charge is -2.31. The van der Waals surface area contributed by atoms with Crippen LogP contribution in [0.15, 0.2) is 83.7 Å². The summed E-state index contributed by atoms with van der Waals surface area (Å²) in [6, 6.07) is 22.8. The van der Waals surface area contributed by atoms with E-state index in [9.17, 15) is 14.4 Å². The smallest absolute Gasteiger partial charge is 0.295 e. The largest absolute Gasteiger partial charge is 0.482 e. The maximum absolute atomic E-state index is 13.1. The predicted molar refractivity (Wildman–Crippen MR) is 140 cm³/mol. The normalized spacial score (nSPS) is 16.2. The highest BCUT2D eigenvalue weighted by Crippen LogP contribution is 2.33. The first-order valence-electron chi connectivity index (χ1n) is 11.8. The van der Waals surface area contributed by atoms with Crippen LogP contribution in [0.5, 0.6) is 11.5 Å². The van der Waals surface area contributed by atoms with Gasteiger partial charge in [0.15, 0.2) is 11.5 Å². The lowest BCUT2D eigenvalue weighted by Crippen LogP contribution is -2.46. The SMILES string of the molecule is Cc1c(NC(=O)c2cccc(NC(=O)C3Oc4ccccc4OC3C)c2)c(=O)n(-c2ccccc2)n1C. The first-order valence-corrected chi connectivity index (χ1v) is 11.8. The molecule has 0 bridgehead atoms. The van der Waals surface area contributed by atoms with Crippen molar-refractivity contribution in [3.8, 4) is 17.2 Å². The van der Waals surface area contributed by atoms with E-state index in [0.29, 0.717) is 28.6 Å². The average Bonchev–Trinajstić information content (AvgIpc) is 3.11. The quantitative estimate of drug-likeness (QED) is 0.434. The van der Waals surface area contributed by atoms with Crippen LogP contribution in [0.3, 0.4) is 0 Å². The monoisotopic (exact) mass is 498 g/mol. The van der Waals surface area contributed by atoms with E-state index in [4.69, 9.17) is 9.47 Å². The Labute approximate surface area is 213 Å². The molecule has 2 amide bonds. The fourth-order valence-corrected chi connectivity index (χ4v) is 4.26. The highest BCUT2D eigenvalue weighted by atomic mass is 16.6. The number of ether oxygens (including phenoxy) is 2. The van der Waals surface area contributed by atoms with Crippen molar-refractivity contribution in [1.29, 1.82) is 0 Å². The van der Waals surface area contributed by atoms with Gasteiger partial charge in [0, 0.05) is 18.3 Å². The van der Waals surface area contributed by atoms with Crippen LogP contribution in [0, 0.1) is 6.92 Å². The van der Waals surface area contributed by atoms with E-state index in [1.807, 2.05) is 36.4 Å². The van der Waals surface area contributed by atoms with Gasteiger partial charge in [-0.3, -0.25) is 19.1 Å². The zero-order valence-corrected chi connectivity index (χ0v) is 20.6. The van der Waals surface area contributed by atoms with Crippen LogP contribution in [-0.4, -0.2) is 33.4 Å². The molecule has 2 unspecified atom stereocenters. The van der Waals surface area contributed by atoms with E-state index in [1.54, 1.807) is 68.0 Å². The Morgan fingerprint density at radius 2 is 1.54 bits per heavy atom. The first kappa shape index (κ1) is 23.9. The predicted octanol–water partition coefficient (Wildman–Crippen LogP) is 3.90. The number of hydrogen-bond acceptors (Lipinski definition) is 5. The summed E-state index contributed by atoms with van der Waals surface area (Å²) in [4.78, 5) is 39.2. The third-order valence-electron chi connectivity index (χ3n) is 6.29. The fraction of sp³-hybridized carbons (Fsp3) is 0.179. The van der Waals surface area contributed by atoms with Gasteiger partial charge in [-0.2, -0.15) is 0 Å². The molecule has 4 aromatic rings. The maximum atomic E-state index is 13.1. The van der Waals surface area contributed by atoms with E-state index in [-0.39, 0.29) is 16.8 Å². The summed E-state index contributed by atoms with van der Waals surface area (Å²) in [5, 5.41) is 5.53. The molecule has 0 aliphatic carbocycles. The second-order valence-electron chi connectivity index (χ2n) is 8.77. The molecule has 5 rings (SSSR count). The number of amides is 2. The van der Waals surface area contributed by atoms with Crippen LogP contribution in [0.4, 0.5) is 11.4 Å². The molecule has 0 spiro atoms. The van der Waals surface area contributed by atoms with Crippen molar-refractivity contribution in [2.45, 2.75) is 26.1 Å². The second kappa shape index (κ2) is 9.69. The lowest BCUT2D eigenvalue weighted by molar-refractivity contribution is -0.128. The van der Waals surface area contributed by atoms with Gasteiger partial charge in [0.25, 0.3) is 17.4 Å². The standard InChI is InChI=1S/C28H26N4O5/c1-17-24(28(35)32(31(17)3)21-12-5-4-6-13-21)30-26(33)19-10-9-11-20(16-19)29-27(34)25-18(2)36-22-14-7-8-15-23(22)37-25/h4-16,18,25H,1-3H3,(H,29,34)(H,30,33). The molecule has 9 nitrogen and oxygen atoms in total. The molecule has 0 saturated carbocycles. The number of fused-ring (bicyclic) bond motifs is 1. The van der Waals surface area contributed by atoms with E-state index >= 15 is 0 Å². The highest BCUT2D eigenvalue weighted by molar-refractivity contribution is 6.05. The molecule has 1 aliphatic rings. The van der Waals surface area contributed by atoms with Gasteiger partial charge in [-0.15, -0.1) is 0 Å². The lowest BCUT2D eigenvalue weighted by atomic mass is 10.1. The topological polar surface area (TPSA) is 104 Å². The Hall–Kier alpha value is -4.79. The van der Waals surface area contributed by atoms with Gasteiger partial charge in [0.2, 0.25) is 6.10 Å². The van der Waals surface area contributed by atoms with Crippen molar-refractivity contribution >= 4 is 23.2 Å². The molecule has 0 fully saturated rings. The van der Waals surface area contributed by atoms with Crippen molar-refractivity contribution in [2.75, 3.05) is 10.6 Å². The summed E-state index contributed by atoms with van der Waals surface area (Å²) in [6.07, 6.45) is -1.37. The number of hydrogen-bond donors (Lipinski definition) is 2. The number of aromatic nitrogens is 2. The molecule has 9 heteroatoms. The Kier molecular flexibility index (Phi) is 6.27. The van der Waals surface area contributed by atoms with E-state index in [0.717, 1.165) is 0 Å². The molecule has 3 aromatic carbocycles. The average molecular weight is 499 g/mol. The van der Waals surface area contributed by atoms with E-state index < -0.39 is 24.0 Å². The van der Waals surface area contributed by atoms with Gasteiger partial charge in [0.05, 0.1) is 11.4 Å². The molecular formula is C28H26N4O5. The second-order valence-corrected chi connectivity index (χ2v) is 8.77. The zero-order valence-electron chi connectivity index (χ0n) is 20.6. The Morgan fingerprint density at radius 3 is 2.27 bits per heavy atom. The van der Waals surface area contributed by atoms with Crippen molar-refractivity contribution in [1.82, 2.24) is 9.36 Å². The minimum Gasteiger partial charge on any atom is -0.482 e. The van der Waals surface area contributed by atoms with Crippen LogP contribution in [0.25, 0.3) is 5.69 Å². The fourth-order valence-electron chi connectivity index (χ4n) is 4.26. The molecule has 0 saturated heterocycles. The van der Waals surface area contributed by atoms with Crippen LogP contribution in [0.1, 0.15) is 23.0 Å². The molecule has 0 radical (unpaired) electrons. The summed E-state index contributed by atoms with van der Waals surface area (Å²) < 4.78 is 14.9. The van der Waals surface area contributed by atoms with E-state index in [2.05, 4.69) is 10.6 Å². The highest BCUT2D eigenvalue weighted by Gasteiger charge is 2.34. The molecule has 37 heavy (non-hydrogen) atoms. The third kappa shape index (κ3) is 4.58. The Balaban J connectivity index is 1.33. The summed E-state index contributed by atoms with van der Waals surface area (Å²) >= 11 is 0. The number of rotatable bonds is 5. The first-order chi connectivity index (χ1) is 17.8. The number of nitrogens with one attached hydrogen (secondary N) is 2. The Morgan fingerprint density at radius 1 is 0.865 bits per heavy atom. The molecule has 2 N–H and O–H groups in total. The summed E-state index contributed by atoms with van der Waals surface area (Å²) in [5.74, 6) is 0.208. The van der Waals surface area contributed by atoms with Crippen LogP contribution in [0.2, 0.25) is 0 Å². The van der Waals surface area contributed by atoms with Gasteiger partial charge in [-0.05, 0) is 56.3 Å². The summed E-state index contributed by atoms with van der Waals surface area (Å²) in [6.45, 7) is 3.52. The third-order valence-corrected chi connectivity index (χ3v) is 6.29. The van der Waals surface area contributed by atoms with Crippen LogP contribution in [-0.2, 0) is 11.8 Å². The number of benzene rings is 3. The molecular weight excluding hydrogens is 472 g/mol. The van der Waals surface area contributed by atoms with Gasteiger partial charge in [-0.25, -0.2) is 4.68 Å². The van der Waals surface area contributed by atoms with Gasteiger partial charge >= 0.3 is 0 Å². The summed E-state index contributed by atoms with van der Waals surface area (Å²) in [5.41, 5.74) is 1.84. The van der Waals surface area contributed by atoms with Crippen molar-refractivity contribution in [2.24, 2.45) is 7.05 Å². The molecule has 2 heterocycles. The van der Waals surface area contributed by atoms with Crippen LogP contribution < -0.4 is 25.7 Å². The summed E-state index contributed by atoms with van der Waals surface area (Å²) in [7, 11) is 1.76. The van der Waals surface area contributed by atoms with Gasteiger partial charge < -0.3 is 20.1 Å². The van der Waals surface area contributed by atoms with Crippen molar-refractivity contribution in [3.63, 3.8) is 0 Å². The molecule has 2 atom stereocenters. The zero-order chi connectivity index (χ0) is 26.1. The minimum atomic E-state index is -0.865. The molecule has 188 valence electrons. The van der Waals surface area contributed by atoms with Gasteiger partial charge in [0.1, 0.15) is 11.8 Å². The molecule has 1 aromatic heterocycles. The van der Waals surface area contributed by atoms with Gasteiger partial charge in [-0.1, -0.05) is 36.4 Å². The maximum Gasteiger partial charge on any atom is 0.295 e. The number of carbonyl (C=O) groups is 2. The minimum absolute atomic E-state index is 0.186. The van der Waals surface area contributed by atoms with E-state index in [1.165, 1.54) is 4.68 Å². The van der Waals surface area contributed by atoms with Crippen molar-refractivity contribution < 1.29 is 19.1 Å².